The van der Waals surface area contributed by atoms with E-state index in [0.29, 0.717) is 12.1 Å². The number of hydrogen-bond acceptors (Lipinski definition) is 3. The number of aromatic amines is 1. The van der Waals surface area contributed by atoms with Crippen LogP contribution in [-0.2, 0) is 6.54 Å². The van der Waals surface area contributed by atoms with Gasteiger partial charge in [0.05, 0.1) is 6.33 Å². The molecular weight excluding hydrogens is 276 g/mol. The largest absolute Gasteiger partial charge is 0.349 e. The van der Waals surface area contributed by atoms with Gasteiger partial charge in [0.2, 0.25) is 0 Å². The van der Waals surface area contributed by atoms with Gasteiger partial charge in [0.25, 0.3) is 5.56 Å². The number of nitrogens with one attached hydrogen (secondary N) is 1. The lowest BCUT2D eigenvalue weighted by Crippen LogP contribution is -2.31. The number of likely N-dealkylation sites (N-methyl/N-ethyl adjacent to an activating group) is 1. The van der Waals surface area contributed by atoms with Gasteiger partial charge in [-0.05, 0) is 32.1 Å². The van der Waals surface area contributed by atoms with Crippen molar-refractivity contribution in [3.05, 3.63) is 40.4 Å². The lowest BCUT2D eigenvalue weighted by molar-refractivity contribution is 0.289. The Balaban J connectivity index is 2.02. The van der Waals surface area contributed by atoms with Crippen LogP contribution < -0.4 is 5.56 Å². The molecule has 0 unspecified atom stereocenters. The summed E-state index contributed by atoms with van der Waals surface area (Å²) in [5.74, 6) is 0. The van der Waals surface area contributed by atoms with Crippen LogP contribution in [0.1, 0.15) is 19.4 Å². The van der Waals surface area contributed by atoms with E-state index in [1.165, 1.54) is 5.56 Å². The molecule has 0 amide bonds. The smallest absolute Gasteiger partial charge is 0.277 e. The third kappa shape index (κ3) is 2.52. The molecule has 5 nitrogen and oxygen atoms in total. The Labute approximate surface area is 129 Å². The van der Waals surface area contributed by atoms with Gasteiger partial charge in [-0.1, -0.05) is 25.5 Å². The maximum Gasteiger partial charge on any atom is 0.277 e. The van der Waals surface area contributed by atoms with Gasteiger partial charge < -0.3 is 9.88 Å². The molecule has 0 fully saturated rings. The van der Waals surface area contributed by atoms with E-state index in [-0.39, 0.29) is 5.56 Å². The summed E-state index contributed by atoms with van der Waals surface area (Å²) in [4.78, 5) is 22.7. The minimum absolute atomic E-state index is 0.00556. The van der Waals surface area contributed by atoms with Gasteiger partial charge in [-0.15, -0.1) is 0 Å². The second-order valence-electron chi connectivity index (χ2n) is 5.67. The molecule has 0 radical (unpaired) electrons. The van der Waals surface area contributed by atoms with E-state index in [0.717, 1.165) is 36.1 Å². The van der Waals surface area contributed by atoms with E-state index in [4.69, 9.17) is 0 Å². The molecule has 0 bridgehead atoms. The van der Waals surface area contributed by atoms with Gasteiger partial charge in [0, 0.05) is 24.0 Å². The predicted octanol–water partition coefficient (Wildman–Crippen LogP) is 2.53. The molecule has 1 N–H and O–H groups in total. The van der Waals surface area contributed by atoms with Crippen LogP contribution in [0.4, 0.5) is 0 Å². The van der Waals surface area contributed by atoms with E-state index < -0.39 is 0 Å². The van der Waals surface area contributed by atoms with Gasteiger partial charge in [-0.2, -0.15) is 0 Å². The maximum absolute atomic E-state index is 12.6. The number of rotatable bonds is 5. The Hall–Kier alpha value is -2.14. The number of hydrogen-bond donors (Lipinski definition) is 1. The third-order valence-electron chi connectivity index (χ3n) is 4.28. The maximum atomic E-state index is 12.6. The standard InChI is InChI=1S/C17H22N4O/c1-4-20(5-2)8-9-21-11-18-15-13-10-12(3)6-7-14(13)19-16(15)17(21)22/h6-7,10-11,19H,4-5,8-9H2,1-3H3. The molecule has 2 aromatic heterocycles. The fraction of sp³-hybridized carbons (Fsp3) is 0.412. The van der Waals surface area contributed by atoms with Crippen LogP contribution in [-0.4, -0.2) is 39.1 Å². The van der Waals surface area contributed by atoms with Crippen LogP contribution in [0, 0.1) is 6.92 Å². The molecule has 3 rings (SSSR count). The van der Waals surface area contributed by atoms with E-state index in [2.05, 4.69) is 34.8 Å². The van der Waals surface area contributed by atoms with Gasteiger partial charge >= 0.3 is 0 Å². The van der Waals surface area contributed by atoms with Crippen molar-refractivity contribution in [3.63, 3.8) is 0 Å². The van der Waals surface area contributed by atoms with Crippen molar-refractivity contribution in [2.24, 2.45) is 0 Å². The minimum atomic E-state index is 0.00556. The Morgan fingerprint density at radius 3 is 2.77 bits per heavy atom. The summed E-state index contributed by atoms with van der Waals surface area (Å²) in [6.07, 6.45) is 1.67. The first-order chi connectivity index (χ1) is 10.6. The zero-order valence-corrected chi connectivity index (χ0v) is 13.4. The van der Waals surface area contributed by atoms with Crippen LogP contribution >= 0.6 is 0 Å². The van der Waals surface area contributed by atoms with E-state index >= 15 is 0 Å². The first kappa shape index (κ1) is 14.8. The molecule has 0 aliphatic heterocycles. The van der Waals surface area contributed by atoms with Crippen molar-refractivity contribution in [2.45, 2.75) is 27.3 Å². The summed E-state index contributed by atoms with van der Waals surface area (Å²) in [6.45, 7) is 9.82. The SMILES string of the molecule is CCN(CC)CCn1cnc2c([nH]c3ccc(C)cc32)c1=O. The van der Waals surface area contributed by atoms with Crippen LogP contribution in [0.5, 0.6) is 0 Å². The molecule has 5 heteroatoms. The molecule has 116 valence electrons. The van der Waals surface area contributed by atoms with Crippen LogP contribution in [0.3, 0.4) is 0 Å². The monoisotopic (exact) mass is 298 g/mol. The number of fused-ring (bicyclic) bond motifs is 3. The number of H-pyrrole nitrogens is 1. The number of aromatic nitrogens is 3. The molecular formula is C17H22N4O. The zero-order chi connectivity index (χ0) is 15.7. The molecule has 22 heavy (non-hydrogen) atoms. The van der Waals surface area contributed by atoms with Crippen molar-refractivity contribution in [2.75, 3.05) is 19.6 Å². The van der Waals surface area contributed by atoms with Gasteiger partial charge in [0.15, 0.2) is 0 Å². The lowest BCUT2D eigenvalue weighted by atomic mass is 10.2. The molecule has 0 saturated carbocycles. The normalized spacial score (nSPS) is 11.8. The quantitative estimate of drug-likeness (QED) is 0.787. The lowest BCUT2D eigenvalue weighted by Gasteiger charge is -2.18. The Kier molecular flexibility index (Phi) is 3.98. The van der Waals surface area contributed by atoms with Gasteiger partial charge in [-0.3, -0.25) is 9.36 Å². The minimum Gasteiger partial charge on any atom is -0.349 e. The Bertz CT molecular complexity index is 858. The zero-order valence-electron chi connectivity index (χ0n) is 13.4. The molecule has 0 atom stereocenters. The fourth-order valence-electron chi connectivity index (χ4n) is 2.85. The average Bonchev–Trinajstić information content (AvgIpc) is 2.89. The van der Waals surface area contributed by atoms with Crippen LogP contribution in [0.25, 0.3) is 21.9 Å². The summed E-state index contributed by atoms with van der Waals surface area (Å²) in [7, 11) is 0. The van der Waals surface area contributed by atoms with Crippen molar-refractivity contribution in [1.29, 1.82) is 0 Å². The summed E-state index contributed by atoms with van der Waals surface area (Å²) in [6, 6.07) is 6.11. The first-order valence-corrected chi connectivity index (χ1v) is 7.83. The van der Waals surface area contributed by atoms with Crippen molar-refractivity contribution >= 4 is 21.9 Å². The summed E-state index contributed by atoms with van der Waals surface area (Å²) in [5, 5.41) is 1.02. The van der Waals surface area contributed by atoms with E-state index in [1.54, 1.807) is 10.9 Å². The summed E-state index contributed by atoms with van der Waals surface area (Å²) >= 11 is 0. The molecule has 0 aliphatic rings. The van der Waals surface area contributed by atoms with Crippen molar-refractivity contribution in [1.82, 2.24) is 19.4 Å². The average molecular weight is 298 g/mol. The molecule has 0 aliphatic carbocycles. The molecule has 0 saturated heterocycles. The van der Waals surface area contributed by atoms with E-state index in [9.17, 15) is 4.79 Å². The van der Waals surface area contributed by atoms with Crippen molar-refractivity contribution < 1.29 is 0 Å². The topological polar surface area (TPSA) is 53.9 Å². The molecule has 3 aromatic rings. The first-order valence-electron chi connectivity index (χ1n) is 7.83. The summed E-state index contributed by atoms with van der Waals surface area (Å²) < 4.78 is 1.70. The van der Waals surface area contributed by atoms with Crippen LogP contribution in [0.15, 0.2) is 29.3 Å². The highest BCUT2D eigenvalue weighted by Crippen LogP contribution is 2.22. The fourth-order valence-corrected chi connectivity index (χ4v) is 2.85. The van der Waals surface area contributed by atoms with Gasteiger partial charge in [0.1, 0.15) is 11.0 Å². The number of aryl methyl sites for hydroxylation is 1. The highest BCUT2D eigenvalue weighted by molar-refractivity contribution is 6.04. The third-order valence-corrected chi connectivity index (χ3v) is 4.28. The Morgan fingerprint density at radius 1 is 1.27 bits per heavy atom. The molecule has 0 spiro atoms. The molecule has 2 heterocycles. The summed E-state index contributed by atoms with van der Waals surface area (Å²) in [5.41, 5.74) is 3.50. The van der Waals surface area contributed by atoms with Gasteiger partial charge in [-0.25, -0.2) is 4.98 Å². The Morgan fingerprint density at radius 2 is 2.05 bits per heavy atom. The number of benzene rings is 1. The second-order valence-corrected chi connectivity index (χ2v) is 5.67. The number of nitrogens with zero attached hydrogens (tertiary/aromatic N) is 3. The molecule has 1 aromatic carbocycles. The highest BCUT2D eigenvalue weighted by Gasteiger charge is 2.11. The second kappa shape index (κ2) is 5.93. The predicted molar refractivity (Wildman–Crippen MR) is 90.4 cm³/mol. The van der Waals surface area contributed by atoms with Crippen molar-refractivity contribution in [3.8, 4) is 0 Å². The highest BCUT2D eigenvalue weighted by atomic mass is 16.1. The van der Waals surface area contributed by atoms with Crippen LogP contribution in [0.2, 0.25) is 0 Å². The van der Waals surface area contributed by atoms with E-state index in [1.807, 2.05) is 19.1 Å².